The Kier molecular flexibility index (Phi) is 7.48. The Morgan fingerprint density at radius 3 is 2.69 bits per heavy atom. The fourth-order valence-electron chi connectivity index (χ4n) is 3.76. The number of halogens is 1. The van der Waals surface area contributed by atoms with Crippen LogP contribution in [0.1, 0.15) is 11.5 Å². The molecule has 1 fully saturated rings. The SMILES string of the molecule is CN=C(NCCn1c(C)nc2ccccc21)N1CCN(Cc2ccon2)CC1.I. The van der Waals surface area contributed by atoms with Crippen molar-refractivity contribution in [3.8, 4) is 0 Å². The van der Waals surface area contributed by atoms with Gasteiger partial charge in [-0.05, 0) is 19.1 Å². The summed E-state index contributed by atoms with van der Waals surface area (Å²) >= 11 is 0. The number of aryl methyl sites for hydroxylation is 1. The van der Waals surface area contributed by atoms with E-state index in [-0.39, 0.29) is 24.0 Å². The van der Waals surface area contributed by atoms with E-state index in [0.717, 1.165) is 68.8 Å². The second kappa shape index (κ2) is 10.1. The normalized spacial score (nSPS) is 15.5. The topological polar surface area (TPSA) is 74.7 Å². The molecule has 156 valence electrons. The first kappa shape index (κ1) is 21.6. The molecule has 0 bridgehead atoms. The van der Waals surface area contributed by atoms with Crippen molar-refractivity contribution in [1.82, 2.24) is 29.8 Å². The summed E-state index contributed by atoms with van der Waals surface area (Å²) in [6.45, 7) is 8.43. The average Bonchev–Trinajstić information content (AvgIpc) is 3.33. The Morgan fingerprint density at radius 1 is 1.17 bits per heavy atom. The number of hydrogen-bond acceptors (Lipinski definition) is 5. The van der Waals surface area contributed by atoms with Crippen LogP contribution in [-0.4, -0.2) is 70.2 Å². The standard InChI is InChI=1S/C20H27N7O.HI/c1-16-23-18-5-3-4-6-19(18)27(16)9-8-22-20(21-2)26-12-10-25(11-13-26)15-17-7-14-28-24-17;/h3-7,14H,8-13,15H2,1-2H3,(H,21,22);1H. The summed E-state index contributed by atoms with van der Waals surface area (Å²) in [6.07, 6.45) is 1.63. The molecule has 1 aliphatic rings. The Labute approximate surface area is 188 Å². The van der Waals surface area contributed by atoms with E-state index in [0.29, 0.717) is 0 Å². The van der Waals surface area contributed by atoms with Crippen LogP contribution in [0.5, 0.6) is 0 Å². The maximum atomic E-state index is 4.92. The fraction of sp³-hybridized carbons (Fsp3) is 0.450. The number of aliphatic imine (C=N–C) groups is 1. The monoisotopic (exact) mass is 509 g/mol. The first-order valence-electron chi connectivity index (χ1n) is 9.73. The summed E-state index contributed by atoms with van der Waals surface area (Å²) in [7, 11) is 1.85. The van der Waals surface area contributed by atoms with Crippen LogP contribution in [-0.2, 0) is 13.1 Å². The van der Waals surface area contributed by atoms with Crippen LogP contribution in [0, 0.1) is 6.92 Å². The maximum absolute atomic E-state index is 4.92. The van der Waals surface area contributed by atoms with Crippen molar-refractivity contribution in [3.63, 3.8) is 0 Å². The first-order valence-corrected chi connectivity index (χ1v) is 9.73. The van der Waals surface area contributed by atoms with E-state index in [9.17, 15) is 0 Å². The molecular weight excluding hydrogens is 481 g/mol. The van der Waals surface area contributed by atoms with Crippen molar-refractivity contribution in [2.45, 2.75) is 20.0 Å². The largest absolute Gasteiger partial charge is 0.364 e. The molecule has 1 aliphatic heterocycles. The van der Waals surface area contributed by atoms with Gasteiger partial charge in [-0.1, -0.05) is 17.3 Å². The summed E-state index contributed by atoms with van der Waals surface area (Å²) in [6, 6.07) is 10.2. The third kappa shape index (κ3) is 5.08. The number of piperazine rings is 1. The maximum Gasteiger partial charge on any atom is 0.193 e. The molecule has 1 N–H and O–H groups in total. The molecule has 3 heterocycles. The van der Waals surface area contributed by atoms with E-state index < -0.39 is 0 Å². The lowest BCUT2D eigenvalue weighted by atomic mass is 10.3. The summed E-state index contributed by atoms with van der Waals surface area (Å²) in [5.41, 5.74) is 3.21. The number of para-hydroxylation sites is 2. The molecule has 0 unspecified atom stereocenters. The van der Waals surface area contributed by atoms with Crippen molar-refractivity contribution in [2.24, 2.45) is 4.99 Å². The van der Waals surface area contributed by atoms with Gasteiger partial charge in [0.05, 0.1) is 16.7 Å². The molecule has 0 amide bonds. The zero-order valence-corrected chi connectivity index (χ0v) is 19.2. The summed E-state index contributed by atoms with van der Waals surface area (Å²) < 4.78 is 7.18. The van der Waals surface area contributed by atoms with Gasteiger partial charge in [-0.2, -0.15) is 0 Å². The highest BCUT2D eigenvalue weighted by Crippen LogP contribution is 2.15. The van der Waals surface area contributed by atoms with Crippen molar-refractivity contribution in [2.75, 3.05) is 39.8 Å². The zero-order valence-electron chi connectivity index (χ0n) is 16.9. The number of aromatic nitrogens is 3. The van der Waals surface area contributed by atoms with Crippen molar-refractivity contribution < 1.29 is 4.52 Å². The molecular formula is C20H28IN7O. The average molecular weight is 509 g/mol. The van der Waals surface area contributed by atoms with Gasteiger partial charge >= 0.3 is 0 Å². The number of imidazole rings is 1. The summed E-state index contributed by atoms with van der Waals surface area (Å²) in [4.78, 5) is 13.8. The van der Waals surface area contributed by atoms with E-state index in [2.05, 4.69) is 59.9 Å². The Hall–Kier alpha value is -2.14. The second-order valence-corrected chi connectivity index (χ2v) is 7.03. The zero-order chi connectivity index (χ0) is 19.3. The third-order valence-corrected chi connectivity index (χ3v) is 5.22. The quantitative estimate of drug-likeness (QED) is 0.324. The molecule has 8 nitrogen and oxygen atoms in total. The summed E-state index contributed by atoms with van der Waals surface area (Å²) in [5.74, 6) is 2.00. The molecule has 3 aromatic rings. The first-order chi connectivity index (χ1) is 13.7. The van der Waals surface area contributed by atoms with Crippen molar-refractivity contribution >= 4 is 41.0 Å². The molecule has 2 aromatic heterocycles. The highest BCUT2D eigenvalue weighted by atomic mass is 127. The Bertz CT molecular complexity index is 930. The third-order valence-electron chi connectivity index (χ3n) is 5.22. The van der Waals surface area contributed by atoms with Gasteiger partial charge in [-0.3, -0.25) is 9.89 Å². The number of benzene rings is 1. The lowest BCUT2D eigenvalue weighted by Crippen LogP contribution is -2.52. The number of nitrogens with one attached hydrogen (secondary N) is 1. The number of guanidine groups is 1. The van der Waals surface area contributed by atoms with E-state index in [1.54, 1.807) is 6.26 Å². The van der Waals surface area contributed by atoms with Gasteiger partial charge in [0.2, 0.25) is 0 Å². The van der Waals surface area contributed by atoms with E-state index in [1.165, 1.54) is 5.52 Å². The number of fused-ring (bicyclic) bond motifs is 1. The summed E-state index contributed by atoms with van der Waals surface area (Å²) in [5, 5.41) is 7.51. The number of nitrogens with zero attached hydrogens (tertiary/aromatic N) is 6. The van der Waals surface area contributed by atoms with Gasteiger partial charge in [0.15, 0.2) is 5.96 Å². The van der Waals surface area contributed by atoms with E-state index in [4.69, 9.17) is 4.52 Å². The van der Waals surface area contributed by atoms with Gasteiger partial charge in [0, 0.05) is 58.9 Å². The van der Waals surface area contributed by atoms with Crippen LogP contribution in [0.25, 0.3) is 11.0 Å². The van der Waals surface area contributed by atoms with E-state index in [1.807, 2.05) is 19.2 Å². The van der Waals surface area contributed by atoms with Gasteiger partial charge in [-0.15, -0.1) is 24.0 Å². The van der Waals surface area contributed by atoms with Crippen molar-refractivity contribution in [3.05, 3.63) is 48.1 Å². The van der Waals surface area contributed by atoms with Gasteiger partial charge in [0.25, 0.3) is 0 Å². The molecule has 0 aliphatic carbocycles. The highest BCUT2D eigenvalue weighted by molar-refractivity contribution is 14.0. The molecule has 9 heteroatoms. The minimum atomic E-state index is 0. The van der Waals surface area contributed by atoms with Gasteiger partial charge in [-0.25, -0.2) is 4.98 Å². The van der Waals surface area contributed by atoms with E-state index >= 15 is 0 Å². The fourth-order valence-corrected chi connectivity index (χ4v) is 3.76. The highest BCUT2D eigenvalue weighted by Gasteiger charge is 2.20. The molecule has 4 rings (SSSR count). The molecule has 29 heavy (non-hydrogen) atoms. The van der Waals surface area contributed by atoms with Crippen LogP contribution >= 0.6 is 24.0 Å². The van der Waals surface area contributed by atoms with Crippen LogP contribution in [0.2, 0.25) is 0 Å². The van der Waals surface area contributed by atoms with Crippen LogP contribution < -0.4 is 5.32 Å². The van der Waals surface area contributed by atoms with Crippen LogP contribution in [0.15, 0.2) is 46.1 Å². The van der Waals surface area contributed by atoms with Crippen molar-refractivity contribution in [1.29, 1.82) is 0 Å². The molecule has 1 aromatic carbocycles. The predicted molar refractivity (Wildman–Crippen MR) is 125 cm³/mol. The van der Waals surface area contributed by atoms with Gasteiger partial charge < -0.3 is 19.3 Å². The smallest absolute Gasteiger partial charge is 0.193 e. The lowest BCUT2D eigenvalue weighted by molar-refractivity contribution is 0.169. The molecule has 0 saturated carbocycles. The minimum absolute atomic E-state index is 0. The number of hydrogen-bond donors (Lipinski definition) is 1. The second-order valence-electron chi connectivity index (χ2n) is 7.03. The van der Waals surface area contributed by atoms with Crippen LogP contribution in [0.3, 0.4) is 0 Å². The van der Waals surface area contributed by atoms with Gasteiger partial charge in [0.1, 0.15) is 12.1 Å². The molecule has 0 radical (unpaired) electrons. The Balaban J connectivity index is 0.00000240. The molecule has 1 saturated heterocycles. The minimum Gasteiger partial charge on any atom is -0.364 e. The number of rotatable bonds is 5. The molecule has 0 atom stereocenters. The predicted octanol–water partition coefficient (Wildman–Crippen LogP) is 2.34. The molecule has 0 spiro atoms. The Morgan fingerprint density at radius 2 is 1.97 bits per heavy atom. The van der Waals surface area contributed by atoms with Crippen LogP contribution in [0.4, 0.5) is 0 Å². The lowest BCUT2D eigenvalue weighted by Gasteiger charge is -2.36.